The molecule has 2 nitrogen and oxygen atoms in total. The molecule has 1 aliphatic rings. The van der Waals surface area contributed by atoms with Crippen LogP contribution in [-0.2, 0) is 0 Å². The van der Waals surface area contributed by atoms with E-state index in [9.17, 15) is 9.59 Å². The number of carbonyl (C=O) groups is 2. The Hall–Kier alpha value is -2.52. The summed E-state index contributed by atoms with van der Waals surface area (Å²) in [6, 6.07) is 26.4. The highest BCUT2D eigenvalue weighted by Crippen LogP contribution is 2.56. The van der Waals surface area contributed by atoms with Crippen LogP contribution in [0.25, 0.3) is 0 Å². The first-order valence-corrected chi connectivity index (χ1v) is 9.40. The molecule has 3 aromatic carbocycles. The molecule has 2 atom stereocenters. The molecule has 0 aromatic heterocycles. The molecule has 3 heteroatoms. The largest absolute Gasteiger partial charge is 0.294 e. The molecule has 0 unspecified atom stereocenters. The van der Waals surface area contributed by atoms with Crippen molar-refractivity contribution < 1.29 is 9.59 Å². The molecule has 26 heavy (non-hydrogen) atoms. The Kier molecular flexibility index (Phi) is 4.56. The third kappa shape index (κ3) is 3.15. The number of hydrogen-bond acceptors (Lipinski definition) is 2. The highest BCUT2D eigenvalue weighted by atomic mass is 79.9. The van der Waals surface area contributed by atoms with Gasteiger partial charge in [-0.15, -0.1) is 0 Å². The molecule has 3 aromatic rings. The van der Waals surface area contributed by atoms with E-state index in [1.165, 1.54) is 0 Å². The number of rotatable bonds is 5. The van der Waals surface area contributed by atoms with Crippen LogP contribution in [0.1, 0.15) is 32.2 Å². The molecule has 0 N–H and O–H groups in total. The van der Waals surface area contributed by atoms with Gasteiger partial charge in [0.2, 0.25) is 0 Å². The summed E-state index contributed by atoms with van der Waals surface area (Å²) in [4.78, 5) is 26.1. The monoisotopic (exact) mass is 404 g/mol. The van der Waals surface area contributed by atoms with Gasteiger partial charge in [0, 0.05) is 33.4 Å². The Morgan fingerprint density at radius 3 is 1.46 bits per heavy atom. The minimum atomic E-state index is -0.300. The van der Waals surface area contributed by atoms with E-state index in [4.69, 9.17) is 0 Å². The van der Waals surface area contributed by atoms with Crippen molar-refractivity contribution in [2.24, 2.45) is 11.8 Å². The highest BCUT2D eigenvalue weighted by Gasteiger charge is 2.59. The molecular formula is C23H17BrO2. The fourth-order valence-electron chi connectivity index (χ4n) is 3.65. The third-order valence-electron chi connectivity index (χ3n) is 5.00. The number of hydrogen-bond donors (Lipinski definition) is 0. The van der Waals surface area contributed by atoms with Gasteiger partial charge in [0.15, 0.2) is 11.6 Å². The molecule has 0 saturated heterocycles. The lowest BCUT2D eigenvalue weighted by Gasteiger charge is -2.01. The van der Waals surface area contributed by atoms with Crippen LogP contribution in [0, 0.1) is 11.8 Å². The number of benzene rings is 3. The van der Waals surface area contributed by atoms with Gasteiger partial charge in [0.25, 0.3) is 0 Å². The summed E-state index contributed by atoms with van der Waals surface area (Å²) in [5.74, 6) is -0.568. The highest BCUT2D eigenvalue weighted by molar-refractivity contribution is 9.10. The van der Waals surface area contributed by atoms with Crippen LogP contribution >= 0.6 is 15.9 Å². The first kappa shape index (κ1) is 16.9. The lowest BCUT2D eigenvalue weighted by atomic mass is 10.0. The van der Waals surface area contributed by atoms with E-state index in [0.29, 0.717) is 11.1 Å². The molecule has 0 amide bonds. The second-order valence-corrected chi connectivity index (χ2v) is 7.51. The average molecular weight is 405 g/mol. The van der Waals surface area contributed by atoms with Gasteiger partial charge in [-0.25, -0.2) is 0 Å². The van der Waals surface area contributed by atoms with Crippen LogP contribution in [0.5, 0.6) is 0 Å². The van der Waals surface area contributed by atoms with Gasteiger partial charge in [0.1, 0.15) is 0 Å². The lowest BCUT2D eigenvalue weighted by molar-refractivity contribution is 0.0906. The Labute approximate surface area is 161 Å². The van der Waals surface area contributed by atoms with Gasteiger partial charge < -0.3 is 0 Å². The summed E-state index contributed by atoms with van der Waals surface area (Å²) in [6.45, 7) is 0. The van der Waals surface area contributed by atoms with Crippen molar-refractivity contribution in [3.05, 3.63) is 106 Å². The first-order valence-electron chi connectivity index (χ1n) is 8.61. The standard InChI is InChI=1S/C23H17BrO2/c24-18-13-11-15(12-14-18)19-20(22(25)16-7-3-1-4-8-16)21(19)23(26)17-9-5-2-6-10-17/h1-14,19-21H/t20-,21-/m0/s1. The van der Waals surface area contributed by atoms with Gasteiger partial charge in [-0.3, -0.25) is 9.59 Å². The van der Waals surface area contributed by atoms with Crippen LogP contribution in [0.3, 0.4) is 0 Å². The quantitative estimate of drug-likeness (QED) is 0.522. The van der Waals surface area contributed by atoms with Crippen molar-refractivity contribution in [1.29, 1.82) is 0 Å². The molecule has 128 valence electrons. The zero-order valence-corrected chi connectivity index (χ0v) is 15.6. The number of carbonyl (C=O) groups excluding carboxylic acids is 2. The third-order valence-corrected chi connectivity index (χ3v) is 5.53. The Morgan fingerprint density at radius 2 is 1.04 bits per heavy atom. The number of halogens is 1. The summed E-state index contributed by atoms with van der Waals surface area (Å²) in [7, 11) is 0. The Bertz CT molecular complexity index is 875. The number of Topliss-reactive ketones (excluding diaryl/α,β-unsaturated/α-hetero) is 2. The van der Waals surface area contributed by atoms with Crippen LogP contribution in [0.2, 0.25) is 0 Å². The van der Waals surface area contributed by atoms with Crippen molar-refractivity contribution in [1.82, 2.24) is 0 Å². The smallest absolute Gasteiger partial charge is 0.167 e. The molecule has 1 fully saturated rings. The maximum absolute atomic E-state index is 13.0. The molecule has 1 aliphatic carbocycles. The summed E-state index contributed by atoms with van der Waals surface area (Å²) < 4.78 is 0.985. The fourth-order valence-corrected chi connectivity index (χ4v) is 3.92. The van der Waals surface area contributed by atoms with Crippen LogP contribution in [0.15, 0.2) is 89.4 Å². The summed E-state index contributed by atoms with van der Waals surface area (Å²) in [6.07, 6.45) is 0. The SMILES string of the molecule is O=C(c1ccccc1)[C@H]1C(c2ccc(Br)cc2)[C@@H]1C(=O)c1ccccc1. The topological polar surface area (TPSA) is 34.1 Å². The average Bonchev–Trinajstić information content (AvgIpc) is 3.44. The van der Waals surface area contributed by atoms with Crippen molar-refractivity contribution in [3.8, 4) is 0 Å². The van der Waals surface area contributed by atoms with E-state index in [0.717, 1.165) is 10.0 Å². The molecular weight excluding hydrogens is 388 g/mol. The molecule has 0 radical (unpaired) electrons. The van der Waals surface area contributed by atoms with E-state index in [2.05, 4.69) is 15.9 Å². The number of ketones is 2. The summed E-state index contributed by atoms with van der Waals surface area (Å²) in [5.41, 5.74) is 2.38. The van der Waals surface area contributed by atoms with Crippen molar-refractivity contribution in [2.75, 3.05) is 0 Å². The van der Waals surface area contributed by atoms with Gasteiger partial charge >= 0.3 is 0 Å². The summed E-state index contributed by atoms with van der Waals surface area (Å²) in [5, 5.41) is 0. The van der Waals surface area contributed by atoms with Crippen molar-refractivity contribution >= 4 is 27.5 Å². The van der Waals surface area contributed by atoms with E-state index in [-0.39, 0.29) is 29.3 Å². The van der Waals surface area contributed by atoms with Crippen molar-refractivity contribution in [2.45, 2.75) is 5.92 Å². The normalized spacial score (nSPS) is 21.2. The predicted octanol–water partition coefficient (Wildman–Crippen LogP) is 5.54. The van der Waals surface area contributed by atoms with Gasteiger partial charge in [0.05, 0.1) is 0 Å². The molecule has 0 aliphatic heterocycles. The van der Waals surface area contributed by atoms with E-state index >= 15 is 0 Å². The minimum absolute atomic E-state index is 0.0489. The second kappa shape index (κ2) is 7.00. The maximum Gasteiger partial charge on any atom is 0.167 e. The van der Waals surface area contributed by atoms with Crippen molar-refractivity contribution in [3.63, 3.8) is 0 Å². The predicted molar refractivity (Wildman–Crippen MR) is 105 cm³/mol. The maximum atomic E-state index is 13.0. The molecule has 0 heterocycles. The lowest BCUT2D eigenvalue weighted by Crippen LogP contribution is -2.09. The molecule has 0 spiro atoms. The first-order chi connectivity index (χ1) is 12.7. The van der Waals surface area contributed by atoms with E-state index < -0.39 is 0 Å². The van der Waals surface area contributed by atoms with Crippen LogP contribution in [0.4, 0.5) is 0 Å². The second-order valence-electron chi connectivity index (χ2n) is 6.59. The zero-order chi connectivity index (χ0) is 18.1. The van der Waals surface area contributed by atoms with Gasteiger partial charge in [-0.1, -0.05) is 88.7 Å². The van der Waals surface area contributed by atoms with Crippen LogP contribution in [-0.4, -0.2) is 11.6 Å². The van der Waals surface area contributed by atoms with Gasteiger partial charge in [-0.05, 0) is 17.7 Å². The Morgan fingerprint density at radius 1 is 0.615 bits per heavy atom. The summed E-state index contributed by atoms with van der Waals surface area (Å²) >= 11 is 3.44. The van der Waals surface area contributed by atoms with E-state index in [1.54, 1.807) is 0 Å². The molecule has 0 bridgehead atoms. The van der Waals surface area contributed by atoms with Crippen LogP contribution < -0.4 is 0 Å². The zero-order valence-electron chi connectivity index (χ0n) is 14.0. The molecule has 1 saturated carbocycles. The Balaban J connectivity index is 1.68. The minimum Gasteiger partial charge on any atom is -0.294 e. The molecule has 4 rings (SSSR count). The van der Waals surface area contributed by atoms with E-state index in [1.807, 2.05) is 84.9 Å². The van der Waals surface area contributed by atoms with Gasteiger partial charge in [-0.2, -0.15) is 0 Å². The fraction of sp³-hybridized carbons (Fsp3) is 0.130.